The molecule has 1 unspecified atom stereocenters. The molecule has 108 valence electrons. The van der Waals surface area contributed by atoms with Crippen molar-refractivity contribution < 1.29 is 14.2 Å². The van der Waals surface area contributed by atoms with Crippen LogP contribution in [-0.4, -0.2) is 30.9 Å². The summed E-state index contributed by atoms with van der Waals surface area (Å²) < 4.78 is 19.2. The molecule has 0 aliphatic carbocycles. The molecule has 0 heterocycles. The lowest BCUT2D eigenvalue weighted by Gasteiger charge is -2.15. The monoisotopic (exact) mass is 353 g/mol. The summed E-state index contributed by atoms with van der Waals surface area (Å²) in [5.74, 6) is 0.296. The Kier molecular flexibility index (Phi) is 7.07. The Balaban J connectivity index is 2.42. The first-order valence-electron chi connectivity index (χ1n) is 6.06. The average molecular weight is 355 g/mol. The molecule has 1 atom stereocenters. The molecule has 1 aromatic carbocycles. The first-order chi connectivity index (χ1) is 8.90. The standard InChI is InChI=1S/C13H18BrClFNO2/c1-8(2)5-17-6-9(18)7-19-13-4-12(16)11(15)3-10(13)14/h3-4,8-9,17-18H,5-7H2,1-2H3. The molecule has 0 bridgehead atoms. The molecule has 3 nitrogen and oxygen atoms in total. The van der Waals surface area contributed by atoms with Crippen LogP contribution in [0.15, 0.2) is 16.6 Å². The van der Waals surface area contributed by atoms with Crippen molar-refractivity contribution in [3.8, 4) is 5.75 Å². The van der Waals surface area contributed by atoms with Gasteiger partial charge in [-0.25, -0.2) is 4.39 Å². The number of rotatable bonds is 7. The molecule has 2 N–H and O–H groups in total. The molecule has 0 aliphatic heterocycles. The Morgan fingerprint density at radius 3 is 2.74 bits per heavy atom. The predicted molar refractivity (Wildman–Crippen MR) is 78.3 cm³/mol. The van der Waals surface area contributed by atoms with Gasteiger partial charge in [0.1, 0.15) is 24.3 Å². The molecule has 0 aromatic heterocycles. The van der Waals surface area contributed by atoms with E-state index in [1.54, 1.807) is 0 Å². The molecule has 19 heavy (non-hydrogen) atoms. The van der Waals surface area contributed by atoms with E-state index in [1.165, 1.54) is 12.1 Å². The van der Waals surface area contributed by atoms with E-state index in [9.17, 15) is 9.50 Å². The zero-order chi connectivity index (χ0) is 14.4. The summed E-state index contributed by atoms with van der Waals surface area (Å²) in [6, 6.07) is 2.62. The SMILES string of the molecule is CC(C)CNCC(O)COc1cc(F)c(Cl)cc1Br. The van der Waals surface area contributed by atoms with E-state index in [-0.39, 0.29) is 11.6 Å². The largest absolute Gasteiger partial charge is 0.490 e. The van der Waals surface area contributed by atoms with Crippen molar-refractivity contribution in [3.05, 3.63) is 27.4 Å². The lowest BCUT2D eigenvalue weighted by Crippen LogP contribution is -2.33. The highest BCUT2D eigenvalue weighted by Crippen LogP contribution is 2.30. The second kappa shape index (κ2) is 8.04. The number of nitrogens with one attached hydrogen (secondary N) is 1. The van der Waals surface area contributed by atoms with Crippen LogP contribution in [0.3, 0.4) is 0 Å². The average Bonchev–Trinajstić information content (AvgIpc) is 2.31. The molecule has 0 spiro atoms. The van der Waals surface area contributed by atoms with Gasteiger partial charge >= 0.3 is 0 Å². The third-order valence-electron chi connectivity index (χ3n) is 2.34. The van der Waals surface area contributed by atoms with Crippen LogP contribution in [-0.2, 0) is 0 Å². The minimum absolute atomic E-state index is 0.0263. The molecule has 0 aliphatic rings. The van der Waals surface area contributed by atoms with Crippen molar-refractivity contribution in [2.24, 2.45) is 5.92 Å². The van der Waals surface area contributed by atoms with E-state index in [0.717, 1.165) is 6.54 Å². The maximum atomic E-state index is 13.3. The molecule has 1 rings (SSSR count). The van der Waals surface area contributed by atoms with Crippen LogP contribution < -0.4 is 10.1 Å². The predicted octanol–water partition coefficient (Wildman–Crippen LogP) is 3.23. The molecular weight excluding hydrogens is 337 g/mol. The Morgan fingerprint density at radius 1 is 1.42 bits per heavy atom. The Morgan fingerprint density at radius 2 is 2.11 bits per heavy atom. The normalized spacial score (nSPS) is 12.8. The topological polar surface area (TPSA) is 41.5 Å². The number of hydrogen-bond donors (Lipinski definition) is 2. The zero-order valence-corrected chi connectivity index (χ0v) is 13.3. The van der Waals surface area contributed by atoms with Crippen molar-refractivity contribution in [1.82, 2.24) is 5.32 Å². The maximum Gasteiger partial charge on any atom is 0.145 e. The molecule has 0 saturated carbocycles. The van der Waals surface area contributed by atoms with Gasteiger partial charge in [0.15, 0.2) is 0 Å². The highest BCUT2D eigenvalue weighted by atomic mass is 79.9. The van der Waals surface area contributed by atoms with E-state index in [1.807, 2.05) is 0 Å². The number of halogens is 3. The molecule has 0 saturated heterocycles. The lowest BCUT2D eigenvalue weighted by atomic mass is 10.2. The zero-order valence-electron chi connectivity index (χ0n) is 10.9. The highest BCUT2D eigenvalue weighted by molar-refractivity contribution is 9.10. The van der Waals surface area contributed by atoms with Crippen molar-refractivity contribution in [2.45, 2.75) is 20.0 Å². The van der Waals surface area contributed by atoms with E-state index in [4.69, 9.17) is 16.3 Å². The van der Waals surface area contributed by atoms with Gasteiger partial charge in [-0.1, -0.05) is 25.4 Å². The van der Waals surface area contributed by atoms with Gasteiger partial charge in [-0.2, -0.15) is 0 Å². The molecular formula is C13H18BrClFNO2. The van der Waals surface area contributed by atoms with Gasteiger partial charge < -0.3 is 15.2 Å². The van der Waals surface area contributed by atoms with Crippen molar-refractivity contribution >= 4 is 27.5 Å². The van der Waals surface area contributed by atoms with Gasteiger partial charge in [-0.15, -0.1) is 0 Å². The second-order valence-electron chi connectivity index (χ2n) is 4.71. The number of ether oxygens (including phenoxy) is 1. The van der Waals surface area contributed by atoms with E-state index >= 15 is 0 Å². The van der Waals surface area contributed by atoms with Crippen LogP contribution in [0.5, 0.6) is 5.75 Å². The molecule has 0 amide bonds. The van der Waals surface area contributed by atoms with Crippen LogP contribution in [0.1, 0.15) is 13.8 Å². The Labute approximate surface area is 126 Å². The quantitative estimate of drug-likeness (QED) is 0.739. The summed E-state index contributed by atoms with van der Waals surface area (Å²) in [5.41, 5.74) is 0. The van der Waals surface area contributed by atoms with Crippen LogP contribution in [0.25, 0.3) is 0 Å². The van der Waals surface area contributed by atoms with E-state index < -0.39 is 11.9 Å². The molecule has 1 aromatic rings. The summed E-state index contributed by atoms with van der Waals surface area (Å²) in [6.45, 7) is 5.53. The lowest BCUT2D eigenvalue weighted by molar-refractivity contribution is 0.105. The Hall–Kier alpha value is -0.360. The highest BCUT2D eigenvalue weighted by Gasteiger charge is 2.10. The van der Waals surface area contributed by atoms with Gasteiger partial charge in [0.2, 0.25) is 0 Å². The molecule has 6 heteroatoms. The van der Waals surface area contributed by atoms with E-state index in [2.05, 4.69) is 35.1 Å². The van der Waals surface area contributed by atoms with Gasteiger partial charge in [0, 0.05) is 12.6 Å². The van der Waals surface area contributed by atoms with Gasteiger partial charge in [-0.05, 0) is 34.5 Å². The maximum absolute atomic E-state index is 13.3. The van der Waals surface area contributed by atoms with Crippen molar-refractivity contribution in [1.29, 1.82) is 0 Å². The Bertz CT molecular complexity index is 418. The fourth-order valence-electron chi connectivity index (χ4n) is 1.40. The van der Waals surface area contributed by atoms with Gasteiger partial charge in [-0.3, -0.25) is 0 Å². The smallest absolute Gasteiger partial charge is 0.145 e. The fraction of sp³-hybridized carbons (Fsp3) is 0.538. The summed E-state index contributed by atoms with van der Waals surface area (Å²) in [5, 5.41) is 12.9. The summed E-state index contributed by atoms with van der Waals surface area (Å²) in [7, 11) is 0. The number of benzene rings is 1. The van der Waals surface area contributed by atoms with Gasteiger partial charge in [0.05, 0.1) is 9.50 Å². The number of hydrogen-bond acceptors (Lipinski definition) is 3. The van der Waals surface area contributed by atoms with Crippen LogP contribution in [0.2, 0.25) is 5.02 Å². The molecule has 0 fully saturated rings. The number of aliphatic hydroxyl groups excluding tert-OH is 1. The summed E-state index contributed by atoms with van der Waals surface area (Å²) in [4.78, 5) is 0. The minimum Gasteiger partial charge on any atom is -0.490 e. The van der Waals surface area contributed by atoms with Crippen molar-refractivity contribution in [2.75, 3.05) is 19.7 Å². The third kappa shape index (κ3) is 6.08. The van der Waals surface area contributed by atoms with Crippen LogP contribution in [0.4, 0.5) is 4.39 Å². The minimum atomic E-state index is -0.649. The first kappa shape index (κ1) is 16.7. The van der Waals surface area contributed by atoms with E-state index in [0.29, 0.717) is 22.7 Å². The first-order valence-corrected chi connectivity index (χ1v) is 7.23. The number of aliphatic hydroxyl groups is 1. The summed E-state index contributed by atoms with van der Waals surface area (Å²) >= 11 is 8.86. The third-order valence-corrected chi connectivity index (χ3v) is 3.25. The van der Waals surface area contributed by atoms with Crippen LogP contribution in [0, 0.1) is 11.7 Å². The fourth-order valence-corrected chi connectivity index (χ4v) is 2.15. The second-order valence-corrected chi connectivity index (χ2v) is 5.98. The van der Waals surface area contributed by atoms with Gasteiger partial charge in [0.25, 0.3) is 0 Å². The van der Waals surface area contributed by atoms with Crippen molar-refractivity contribution in [3.63, 3.8) is 0 Å². The summed E-state index contributed by atoms with van der Waals surface area (Å²) in [6.07, 6.45) is -0.649. The van der Waals surface area contributed by atoms with Crippen LogP contribution >= 0.6 is 27.5 Å². The molecule has 0 radical (unpaired) electrons.